The number of pyridine rings is 3. The second kappa shape index (κ2) is 7.17. The Kier molecular flexibility index (Phi) is 4.17. The van der Waals surface area contributed by atoms with Crippen LogP contribution >= 0.6 is 0 Å². The summed E-state index contributed by atoms with van der Waals surface area (Å²) in [5.41, 5.74) is 7.50. The minimum absolute atomic E-state index is 0.807. The predicted octanol–water partition coefficient (Wildman–Crippen LogP) is 3.32. The zero-order valence-corrected chi connectivity index (χ0v) is 17.2. The summed E-state index contributed by atoms with van der Waals surface area (Å²) in [6.07, 6.45) is 7.43. The van der Waals surface area contributed by atoms with Crippen LogP contribution in [0, 0.1) is 0 Å². The molecule has 1 saturated heterocycles. The maximum Gasteiger partial charge on any atom is 0.135 e. The summed E-state index contributed by atoms with van der Waals surface area (Å²) < 4.78 is 0. The highest BCUT2D eigenvalue weighted by Gasteiger charge is 2.19. The van der Waals surface area contributed by atoms with Gasteiger partial charge >= 0.3 is 0 Å². The minimum Gasteiger partial charge on any atom is -0.367 e. The predicted molar refractivity (Wildman–Crippen MR) is 122 cm³/mol. The van der Waals surface area contributed by atoms with Gasteiger partial charge in [-0.25, -0.2) is 4.98 Å². The van der Waals surface area contributed by atoms with Crippen molar-refractivity contribution in [2.24, 2.45) is 0 Å². The molecule has 0 aromatic carbocycles. The molecular formula is C23H22N8. The molecule has 0 unspecified atom stereocenters. The Morgan fingerprint density at radius 3 is 2.68 bits per heavy atom. The van der Waals surface area contributed by atoms with Gasteiger partial charge in [0.25, 0.3) is 0 Å². The van der Waals surface area contributed by atoms with E-state index in [0.717, 1.165) is 76.4 Å². The molecule has 5 aromatic rings. The van der Waals surface area contributed by atoms with Crippen molar-refractivity contribution >= 4 is 27.6 Å². The van der Waals surface area contributed by atoms with E-state index in [0.29, 0.717) is 0 Å². The fourth-order valence-corrected chi connectivity index (χ4v) is 4.22. The number of H-pyrrole nitrogens is 2. The van der Waals surface area contributed by atoms with Gasteiger partial charge in [-0.3, -0.25) is 15.1 Å². The van der Waals surface area contributed by atoms with Gasteiger partial charge in [-0.15, -0.1) is 0 Å². The third-order valence-corrected chi connectivity index (χ3v) is 5.99. The van der Waals surface area contributed by atoms with Crippen molar-refractivity contribution in [1.82, 2.24) is 35.0 Å². The van der Waals surface area contributed by atoms with Crippen LogP contribution in [-0.2, 0) is 0 Å². The number of hydrogen-bond acceptors (Lipinski definition) is 6. The van der Waals surface area contributed by atoms with Crippen LogP contribution in [0.15, 0.2) is 55.1 Å². The Bertz CT molecular complexity index is 1360. The number of likely N-dealkylation sites (N-methyl/N-ethyl adjacent to an activating group) is 1. The van der Waals surface area contributed by atoms with Gasteiger partial charge in [-0.05, 0) is 37.4 Å². The molecule has 2 N–H and O–H groups in total. The molecule has 0 bridgehead atoms. The highest BCUT2D eigenvalue weighted by Crippen LogP contribution is 2.33. The van der Waals surface area contributed by atoms with Crippen molar-refractivity contribution in [2.45, 2.75) is 0 Å². The van der Waals surface area contributed by atoms with Crippen molar-refractivity contribution in [2.75, 3.05) is 38.1 Å². The standard InChI is InChI=1S/C23H22N8/c1-30-7-9-31(10-8-30)21-14-25-13-20-16(21)11-19(26-20)23-22-18(28-29-23)5-4-17(27-22)15-3-2-6-24-12-15/h2-6,11-14,26H,7-10H2,1H3,(H,28,29). The van der Waals surface area contributed by atoms with Gasteiger partial charge in [0, 0.05) is 49.5 Å². The van der Waals surface area contributed by atoms with Crippen LogP contribution in [0.4, 0.5) is 5.69 Å². The van der Waals surface area contributed by atoms with Crippen LogP contribution in [-0.4, -0.2) is 68.3 Å². The first-order valence-corrected chi connectivity index (χ1v) is 10.4. The first kappa shape index (κ1) is 18.0. The Morgan fingerprint density at radius 2 is 1.84 bits per heavy atom. The highest BCUT2D eigenvalue weighted by molar-refractivity contribution is 5.98. The number of piperazine rings is 1. The number of anilines is 1. The summed E-state index contributed by atoms with van der Waals surface area (Å²) in [6, 6.07) is 10.1. The molecule has 6 heterocycles. The first-order chi connectivity index (χ1) is 15.3. The van der Waals surface area contributed by atoms with E-state index in [1.807, 2.05) is 42.9 Å². The second-order valence-corrected chi connectivity index (χ2v) is 8.00. The van der Waals surface area contributed by atoms with Crippen LogP contribution in [0.3, 0.4) is 0 Å². The van der Waals surface area contributed by atoms with E-state index in [9.17, 15) is 0 Å². The average Bonchev–Trinajstić information content (AvgIpc) is 3.43. The number of fused-ring (bicyclic) bond motifs is 2. The molecule has 0 radical (unpaired) electrons. The third kappa shape index (κ3) is 3.12. The Balaban J connectivity index is 1.44. The summed E-state index contributed by atoms with van der Waals surface area (Å²) in [4.78, 5) is 21.8. The van der Waals surface area contributed by atoms with E-state index in [1.54, 1.807) is 6.20 Å². The fraction of sp³-hybridized carbons (Fsp3) is 0.217. The monoisotopic (exact) mass is 410 g/mol. The average molecular weight is 410 g/mol. The van der Waals surface area contributed by atoms with Crippen LogP contribution in [0.5, 0.6) is 0 Å². The largest absolute Gasteiger partial charge is 0.367 e. The summed E-state index contributed by atoms with van der Waals surface area (Å²) in [5, 5.41) is 8.85. The second-order valence-electron chi connectivity index (χ2n) is 8.00. The molecule has 31 heavy (non-hydrogen) atoms. The maximum atomic E-state index is 4.89. The molecule has 8 heteroatoms. The van der Waals surface area contributed by atoms with E-state index in [1.165, 1.54) is 0 Å². The van der Waals surface area contributed by atoms with Crippen molar-refractivity contribution in [3.05, 3.63) is 55.1 Å². The van der Waals surface area contributed by atoms with Gasteiger partial charge in [-0.1, -0.05) is 0 Å². The normalized spacial score (nSPS) is 15.2. The fourth-order valence-electron chi connectivity index (χ4n) is 4.22. The van der Waals surface area contributed by atoms with Gasteiger partial charge in [0.1, 0.15) is 11.2 Å². The van der Waals surface area contributed by atoms with Crippen LogP contribution in [0.2, 0.25) is 0 Å². The zero-order valence-electron chi connectivity index (χ0n) is 17.2. The quantitative estimate of drug-likeness (QED) is 0.474. The molecule has 1 aliphatic rings. The number of nitrogens with one attached hydrogen (secondary N) is 2. The van der Waals surface area contributed by atoms with Gasteiger partial charge in [0.2, 0.25) is 0 Å². The molecule has 0 amide bonds. The lowest BCUT2D eigenvalue weighted by Gasteiger charge is -2.34. The summed E-state index contributed by atoms with van der Waals surface area (Å²) in [6.45, 7) is 4.11. The zero-order chi connectivity index (χ0) is 20.8. The topological polar surface area (TPSA) is 89.6 Å². The molecule has 8 nitrogen and oxygen atoms in total. The van der Waals surface area contributed by atoms with Crippen molar-refractivity contribution in [3.63, 3.8) is 0 Å². The Hall–Kier alpha value is -3.78. The summed E-state index contributed by atoms with van der Waals surface area (Å²) >= 11 is 0. The summed E-state index contributed by atoms with van der Waals surface area (Å²) in [5.74, 6) is 0. The number of aromatic nitrogens is 6. The lowest BCUT2D eigenvalue weighted by atomic mass is 10.1. The SMILES string of the molecule is CN1CCN(c2cncc3[nH]c(-c4n[nH]c5ccc(-c6cccnc6)nc45)cc23)CC1. The van der Waals surface area contributed by atoms with Crippen LogP contribution < -0.4 is 4.90 Å². The van der Waals surface area contributed by atoms with E-state index in [4.69, 9.17) is 4.98 Å². The molecule has 0 saturated carbocycles. The summed E-state index contributed by atoms with van der Waals surface area (Å²) in [7, 11) is 2.17. The number of aromatic amines is 2. The highest BCUT2D eigenvalue weighted by atomic mass is 15.3. The van der Waals surface area contributed by atoms with E-state index < -0.39 is 0 Å². The van der Waals surface area contributed by atoms with E-state index in [-0.39, 0.29) is 0 Å². The molecule has 6 rings (SSSR count). The van der Waals surface area contributed by atoms with Crippen molar-refractivity contribution in [3.8, 4) is 22.6 Å². The molecule has 1 aliphatic heterocycles. The number of rotatable bonds is 3. The Morgan fingerprint density at radius 1 is 0.935 bits per heavy atom. The molecule has 1 fully saturated rings. The van der Waals surface area contributed by atoms with Crippen LogP contribution in [0.25, 0.3) is 44.6 Å². The number of nitrogens with zero attached hydrogens (tertiary/aromatic N) is 6. The molecule has 0 atom stereocenters. The minimum atomic E-state index is 0.807. The smallest absolute Gasteiger partial charge is 0.135 e. The Labute approximate surface area is 179 Å². The molecule has 5 aromatic heterocycles. The number of hydrogen-bond donors (Lipinski definition) is 2. The van der Waals surface area contributed by atoms with Gasteiger partial charge < -0.3 is 14.8 Å². The molecular weight excluding hydrogens is 388 g/mol. The van der Waals surface area contributed by atoms with Gasteiger partial charge in [-0.2, -0.15) is 5.10 Å². The van der Waals surface area contributed by atoms with E-state index in [2.05, 4.69) is 48.1 Å². The van der Waals surface area contributed by atoms with Crippen molar-refractivity contribution < 1.29 is 0 Å². The first-order valence-electron chi connectivity index (χ1n) is 10.4. The lowest BCUT2D eigenvalue weighted by molar-refractivity contribution is 0.313. The maximum absolute atomic E-state index is 4.89. The van der Waals surface area contributed by atoms with Crippen molar-refractivity contribution in [1.29, 1.82) is 0 Å². The third-order valence-electron chi connectivity index (χ3n) is 5.99. The molecule has 154 valence electrons. The lowest BCUT2D eigenvalue weighted by Crippen LogP contribution is -2.44. The van der Waals surface area contributed by atoms with Gasteiger partial charge in [0.15, 0.2) is 0 Å². The van der Waals surface area contributed by atoms with Gasteiger partial charge in [0.05, 0.1) is 40.5 Å². The van der Waals surface area contributed by atoms with E-state index >= 15 is 0 Å². The molecule has 0 aliphatic carbocycles. The molecule has 0 spiro atoms. The van der Waals surface area contributed by atoms with Crippen LogP contribution in [0.1, 0.15) is 0 Å².